The van der Waals surface area contributed by atoms with Gasteiger partial charge in [0, 0.05) is 19.3 Å². The second-order valence-electron chi connectivity index (χ2n) is 3.79. The van der Waals surface area contributed by atoms with E-state index in [-0.39, 0.29) is 0 Å². The van der Waals surface area contributed by atoms with E-state index in [0.29, 0.717) is 5.69 Å². The number of nitrogens with zero attached hydrogens (tertiary/aromatic N) is 1. The van der Waals surface area contributed by atoms with Crippen molar-refractivity contribution in [3.8, 4) is 0 Å². The molecule has 0 spiro atoms. The number of hydrogen-bond acceptors (Lipinski definition) is 2. The molecule has 0 aliphatic carbocycles. The molecule has 3 nitrogen and oxygen atoms in total. The lowest BCUT2D eigenvalue weighted by molar-refractivity contribution is -0.191. The summed E-state index contributed by atoms with van der Waals surface area (Å²) < 4.78 is 50.0. The number of carboxylic acids is 1. The van der Waals surface area contributed by atoms with Gasteiger partial charge in [-0.15, -0.1) is 0 Å². The maximum absolute atomic E-state index is 12.6. The van der Waals surface area contributed by atoms with Crippen LogP contribution < -0.4 is 4.90 Å². The maximum Gasteiger partial charge on any atom is 0.403 e. The molecule has 0 aliphatic rings. The first-order valence-electron chi connectivity index (χ1n) is 4.98. The number of hydrogen-bond donors (Lipinski definition) is 1. The first kappa shape index (κ1) is 14.3. The Morgan fingerprint density at radius 1 is 1.33 bits per heavy atom. The first-order chi connectivity index (χ1) is 8.21. The summed E-state index contributed by atoms with van der Waals surface area (Å²) in [4.78, 5) is 11.7. The summed E-state index contributed by atoms with van der Waals surface area (Å²) in [5.41, 5.74) is 0.312. The van der Waals surface area contributed by atoms with Crippen LogP contribution in [0.15, 0.2) is 24.3 Å². The van der Waals surface area contributed by atoms with Gasteiger partial charge in [0.1, 0.15) is 5.82 Å². The van der Waals surface area contributed by atoms with Crippen molar-refractivity contribution in [2.24, 2.45) is 5.92 Å². The van der Waals surface area contributed by atoms with Gasteiger partial charge in [0.25, 0.3) is 0 Å². The first-order valence-corrected chi connectivity index (χ1v) is 4.98. The molecule has 0 aliphatic heterocycles. The summed E-state index contributed by atoms with van der Waals surface area (Å²) in [7, 11) is 1.31. The minimum atomic E-state index is -4.82. The van der Waals surface area contributed by atoms with Gasteiger partial charge in [-0.3, -0.25) is 4.79 Å². The monoisotopic (exact) mass is 265 g/mol. The Balaban J connectivity index is 2.82. The van der Waals surface area contributed by atoms with Gasteiger partial charge in [0.2, 0.25) is 0 Å². The summed E-state index contributed by atoms with van der Waals surface area (Å²) in [5, 5.41) is 8.54. The number of alkyl halides is 3. The van der Waals surface area contributed by atoms with Crippen LogP contribution in [0.1, 0.15) is 0 Å². The van der Waals surface area contributed by atoms with Gasteiger partial charge >= 0.3 is 12.1 Å². The minimum absolute atomic E-state index is 0.312. The number of carbonyl (C=O) groups is 1. The van der Waals surface area contributed by atoms with Gasteiger partial charge in [-0.25, -0.2) is 4.39 Å². The predicted molar refractivity (Wildman–Crippen MR) is 56.9 cm³/mol. The average molecular weight is 265 g/mol. The fourth-order valence-corrected chi connectivity index (χ4v) is 1.40. The molecule has 0 radical (unpaired) electrons. The van der Waals surface area contributed by atoms with Crippen molar-refractivity contribution < 1.29 is 27.5 Å². The minimum Gasteiger partial charge on any atom is -0.481 e. The molecule has 1 unspecified atom stereocenters. The van der Waals surface area contributed by atoms with Crippen LogP contribution in [-0.4, -0.2) is 30.8 Å². The second-order valence-corrected chi connectivity index (χ2v) is 3.79. The van der Waals surface area contributed by atoms with Crippen LogP contribution in [0.2, 0.25) is 0 Å². The average Bonchev–Trinajstić information content (AvgIpc) is 2.24. The Labute approximate surface area is 101 Å². The Hall–Kier alpha value is -1.79. The molecular formula is C11H11F4NO2. The topological polar surface area (TPSA) is 40.5 Å². The Bertz CT molecular complexity index is 416. The molecule has 0 aromatic heterocycles. The number of rotatable bonds is 4. The van der Waals surface area contributed by atoms with Gasteiger partial charge in [0.15, 0.2) is 5.92 Å². The Morgan fingerprint density at radius 2 is 1.83 bits per heavy atom. The van der Waals surface area contributed by atoms with Gasteiger partial charge < -0.3 is 10.0 Å². The number of anilines is 1. The maximum atomic E-state index is 12.6. The summed E-state index contributed by atoms with van der Waals surface area (Å²) in [6, 6.07) is 4.75. The lowest BCUT2D eigenvalue weighted by Gasteiger charge is -2.24. The molecule has 7 heteroatoms. The third-order valence-corrected chi connectivity index (χ3v) is 2.42. The molecule has 1 N–H and O–H groups in total. The van der Waals surface area contributed by atoms with Crippen LogP contribution in [0.5, 0.6) is 0 Å². The smallest absolute Gasteiger partial charge is 0.403 e. The fraction of sp³-hybridized carbons (Fsp3) is 0.364. The molecule has 0 fully saturated rings. The van der Waals surface area contributed by atoms with Gasteiger partial charge in [-0.1, -0.05) is 0 Å². The van der Waals surface area contributed by atoms with Crippen molar-refractivity contribution in [2.45, 2.75) is 6.18 Å². The van der Waals surface area contributed by atoms with E-state index in [1.54, 1.807) is 0 Å². The molecule has 0 amide bonds. The molecular weight excluding hydrogens is 254 g/mol. The summed E-state index contributed by atoms with van der Waals surface area (Å²) in [5.74, 6) is -4.93. The molecule has 1 atom stereocenters. The van der Waals surface area contributed by atoms with Gasteiger partial charge in [-0.05, 0) is 24.3 Å². The highest BCUT2D eigenvalue weighted by Gasteiger charge is 2.45. The van der Waals surface area contributed by atoms with E-state index in [4.69, 9.17) is 5.11 Å². The predicted octanol–water partition coefficient (Wildman–Crippen LogP) is 2.53. The normalized spacial score (nSPS) is 13.2. The van der Waals surface area contributed by atoms with E-state index in [2.05, 4.69) is 0 Å². The zero-order valence-electron chi connectivity index (χ0n) is 9.41. The number of aliphatic carboxylic acids is 1. The summed E-state index contributed by atoms with van der Waals surface area (Å²) in [6.07, 6.45) is -4.82. The summed E-state index contributed by atoms with van der Waals surface area (Å²) >= 11 is 0. The van der Waals surface area contributed by atoms with Crippen molar-refractivity contribution in [3.05, 3.63) is 30.1 Å². The van der Waals surface area contributed by atoms with Crippen LogP contribution in [0.3, 0.4) is 0 Å². The van der Waals surface area contributed by atoms with Crippen molar-refractivity contribution in [3.63, 3.8) is 0 Å². The molecule has 0 saturated carbocycles. The van der Waals surface area contributed by atoms with E-state index in [1.807, 2.05) is 0 Å². The lowest BCUT2D eigenvalue weighted by atomic mass is 10.1. The van der Waals surface area contributed by atoms with Crippen LogP contribution >= 0.6 is 0 Å². The third-order valence-electron chi connectivity index (χ3n) is 2.42. The quantitative estimate of drug-likeness (QED) is 0.850. The van der Waals surface area contributed by atoms with E-state index in [1.165, 1.54) is 19.2 Å². The van der Waals surface area contributed by atoms with E-state index in [0.717, 1.165) is 17.0 Å². The van der Waals surface area contributed by atoms with Crippen LogP contribution in [-0.2, 0) is 4.79 Å². The fourth-order valence-electron chi connectivity index (χ4n) is 1.40. The molecule has 0 bridgehead atoms. The molecule has 1 aromatic rings. The molecule has 0 saturated heterocycles. The molecule has 100 valence electrons. The highest BCUT2D eigenvalue weighted by Crippen LogP contribution is 2.28. The Morgan fingerprint density at radius 3 is 2.22 bits per heavy atom. The highest BCUT2D eigenvalue weighted by molar-refractivity contribution is 5.72. The molecule has 18 heavy (non-hydrogen) atoms. The molecule has 0 heterocycles. The van der Waals surface area contributed by atoms with E-state index in [9.17, 15) is 22.4 Å². The van der Waals surface area contributed by atoms with Gasteiger partial charge in [0.05, 0.1) is 0 Å². The number of halogens is 4. The van der Waals surface area contributed by atoms with Crippen molar-refractivity contribution in [2.75, 3.05) is 18.5 Å². The van der Waals surface area contributed by atoms with Crippen molar-refractivity contribution in [1.29, 1.82) is 0 Å². The zero-order chi connectivity index (χ0) is 13.9. The van der Waals surface area contributed by atoms with Crippen LogP contribution in [0.25, 0.3) is 0 Å². The molecule has 1 rings (SSSR count). The van der Waals surface area contributed by atoms with E-state index < -0.39 is 30.4 Å². The standard InChI is InChI=1S/C11H11F4NO2/c1-16(8-4-2-7(12)3-5-8)6-9(10(17)18)11(13,14)15/h2-5,9H,6H2,1H3,(H,17,18). The van der Waals surface area contributed by atoms with Crippen LogP contribution in [0.4, 0.5) is 23.2 Å². The molecule has 1 aromatic carbocycles. The number of carboxylic acid groups (broad SMARTS) is 1. The summed E-state index contributed by atoms with van der Waals surface area (Å²) in [6.45, 7) is -0.732. The second kappa shape index (κ2) is 5.24. The van der Waals surface area contributed by atoms with Gasteiger partial charge in [-0.2, -0.15) is 13.2 Å². The third kappa shape index (κ3) is 3.61. The Kier molecular flexibility index (Phi) is 4.15. The lowest BCUT2D eigenvalue weighted by Crippen LogP contribution is -2.40. The van der Waals surface area contributed by atoms with E-state index >= 15 is 0 Å². The van der Waals surface area contributed by atoms with Crippen LogP contribution in [0, 0.1) is 11.7 Å². The number of benzene rings is 1. The largest absolute Gasteiger partial charge is 0.481 e. The van der Waals surface area contributed by atoms with Crippen molar-refractivity contribution in [1.82, 2.24) is 0 Å². The van der Waals surface area contributed by atoms with Crippen molar-refractivity contribution >= 4 is 11.7 Å². The highest BCUT2D eigenvalue weighted by atomic mass is 19.4. The zero-order valence-corrected chi connectivity index (χ0v) is 9.41. The SMILES string of the molecule is CN(CC(C(=O)O)C(F)(F)F)c1ccc(F)cc1.